The van der Waals surface area contributed by atoms with Crippen LogP contribution >= 0.6 is 0 Å². The fourth-order valence-corrected chi connectivity index (χ4v) is 0.967. The van der Waals surface area contributed by atoms with Crippen molar-refractivity contribution in [1.82, 2.24) is 9.97 Å². The van der Waals surface area contributed by atoms with Gasteiger partial charge in [0, 0.05) is 12.4 Å². The van der Waals surface area contributed by atoms with Gasteiger partial charge in [0.2, 0.25) is 0 Å². The number of imidazole rings is 1. The van der Waals surface area contributed by atoms with Crippen LogP contribution in [0.4, 0.5) is 0 Å². The molecule has 1 rings (SSSR count). The largest absolute Gasteiger partial charge is 0.345 e. The van der Waals surface area contributed by atoms with Crippen LogP contribution in [0.2, 0.25) is 0 Å². The lowest BCUT2D eigenvalue weighted by molar-refractivity contribution is 0.821. The summed E-state index contributed by atoms with van der Waals surface area (Å²) in [4.78, 5) is 7.15. The Kier molecular flexibility index (Phi) is 2.90. The van der Waals surface area contributed by atoms with E-state index in [2.05, 4.69) is 23.5 Å². The van der Waals surface area contributed by atoms with E-state index in [1.54, 1.807) is 6.20 Å². The Hall–Kier alpha value is -1.05. The molecule has 1 aromatic rings. The molecule has 0 aliphatic carbocycles. The van der Waals surface area contributed by atoms with E-state index in [1.807, 2.05) is 6.20 Å². The molecule has 0 atom stereocenters. The molecule has 60 valence electrons. The number of aromatic amines is 1. The van der Waals surface area contributed by atoms with Crippen molar-refractivity contribution in [1.29, 1.82) is 0 Å². The molecule has 2 nitrogen and oxygen atoms in total. The van der Waals surface area contributed by atoms with Gasteiger partial charge >= 0.3 is 0 Å². The number of hydrogen-bond donors (Lipinski definition) is 1. The molecule has 0 aliphatic rings. The van der Waals surface area contributed by atoms with Crippen LogP contribution in [0.15, 0.2) is 19.0 Å². The fourth-order valence-electron chi connectivity index (χ4n) is 0.967. The maximum Gasteiger partial charge on any atom is 0.132 e. The Morgan fingerprint density at radius 2 is 2.55 bits per heavy atom. The van der Waals surface area contributed by atoms with Crippen molar-refractivity contribution in [3.05, 3.63) is 24.8 Å². The molecule has 0 aliphatic heterocycles. The molecule has 1 N–H and O–H groups in total. The van der Waals surface area contributed by atoms with Gasteiger partial charge < -0.3 is 4.98 Å². The van der Waals surface area contributed by atoms with E-state index in [0.29, 0.717) is 0 Å². The summed E-state index contributed by atoms with van der Waals surface area (Å²) in [6.45, 7) is 6.12. The molecule has 11 heavy (non-hydrogen) atoms. The molecule has 0 fully saturated rings. The highest BCUT2D eigenvalue weighted by atomic mass is 14.9. The predicted molar refractivity (Wildman–Crippen MR) is 47.1 cm³/mol. The quantitative estimate of drug-likeness (QED) is 0.702. The van der Waals surface area contributed by atoms with Crippen LogP contribution in [0.5, 0.6) is 0 Å². The molecule has 0 saturated heterocycles. The highest BCUT2D eigenvalue weighted by Gasteiger charge is 1.98. The molecule has 0 unspecified atom stereocenters. The topological polar surface area (TPSA) is 28.7 Å². The Bertz CT molecular complexity index is 211. The van der Waals surface area contributed by atoms with Crippen molar-refractivity contribution in [2.75, 3.05) is 0 Å². The number of aromatic nitrogens is 2. The highest BCUT2D eigenvalue weighted by molar-refractivity contribution is 5.56. The predicted octanol–water partition coefficient (Wildman–Crippen LogP) is 2.61. The minimum atomic E-state index is 0.929. The third-order valence-corrected chi connectivity index (χ3v) is 1.67. The van der Waals surface area contributed by atoms with Crippen molar-refractivity contribution in [2.24, 2.45) is 0 Å². The van der Waals surface area contributed by atoms with E-state index in [4.69, 9.17) is 0 Å². The first-order valence-electron chi connectivity index (χ1n) is 4.02. The maximum absolute atomic E-state index is 4.11. The number of nitrogens with zero attached hydrogens (tertiary/aromatic N) is 1. The van der Waals surface area contributed by atoms with E-state index in [0.717, 1.165) is 17.8 Å². The molecule has 0 radical (unpaired) electrons. The molecule has 0 bridgehead atoms. The number of allylic oxidation sites excluding steroid dienone is 1. The van der Waals surface area contributed by atoms with Crippen LogP contribution in [0.1, 0.15) is 32.0 Å². The zero-order chi connectivity index (χ0) is 8.10. The molecule has 2 heteroatoms. The minimum absolute atomic E-state index is 0.929. The summed E-state index contributed by atoms with van der Waals surface area (Å²) < 4.78 is 0. The first-order chi connectivity index (χ1) is 5.34. The van der Waals surface area contributed by atoms with E-state index in [-0.39, 0.29) is 0 Å². The van der Waals surface area contributed by atoms with Crippen LogP contribution in [0.25, 0.3) is 5.57 Å². The van der Waals surface area contributed by atoms with Gasteiger partial charge in [0.1, 0.15) is 5.82 Å². The van der Waals surface area contributed by atoms with Crippen molar-refractivity contribution >= 4 is 5.57 Å². The first-order valence-corrected chi connectivity index (χ1v) is 4.02. The molecule has 0 spiro atoms. The number of hydrogen-bond acceptors (Lipinski definition) is 1. The Balaban J connectivity index is 2.43. The average molecular weight is 150 g/mol. The molecule has 0 aromatic carbocycles. The summed E-state index contributed by atoms with van der Waals surface area (Å²) >= 11 is 0. The molecular formula is C9H14N2. The molecule has 0 amide bonds. The van der Waals surface area contributed by atoms with Crippen molar-refractivity contribution in [3.8, 4) is 0 Å². The van der Waals surface area contributed by atoms with Gasteiger partial charge in [0.15, 0.2) is 0 Å². The van der Waals surface area contributed by atoms with E-state index < -0.39 is 0 Å². The summed E-state index contributed by atoms with van der Waals surface area (Å²) in [6, 6.07) is 0. The second-order valence-corrected chi connectivity index (χ2v) is 2.64. The zero-order valence-electron chi connectivity index (χ0n) is 6.93. The number of rotatable bonds is 4. The van der Waals surface area contributed by atoms with E-state index >= 15 is 0 Å². The summed E-state index contributed by atoms with van der Waals surface area (Å²) in [5.41, 5.74) is 1.11. The van der Waals surface area contributed by atoms with Crippen molar-refractivity contribution in [2.45, 2.75) is 26.2 Å². The zero-order valence-corrected chi connectivity index (χ0v) is 6.93. The summed E-state index contributed by atoms with van der Waals surface area (Å²) in [7, 11) is 0. The van der Waals surface area contributed by atoms with Gasteiger partial charge in [0.25, 0.3) is 0 Å². The van der Waals surface area contributed by atoms with Crippen molar-refractivity contribution < 1.29 is 0 Å². The average Bonchev–Trinajstić information content (AvgIpc) is 2.52. The third-order valence-electron chi connectivity index (χ3n) is 1.67. The number of H-pyrrole nitrogens is 1. The summed E-state index contributed by atoms with van der Waals surface area (Å²) in [5, 5.41) is 0. The Labute approximate surface area is 67.4 Å². The van der Waals surface area contributed by atoms with Crippen LogP contribution in [0, 0.1) is 0 Å². The van der Waals surface area contributed by atoms with E-state index in [1.165, 1.54) is 12.8 Å². The lowest BCUT2D eigenvalue weighted by atomic mass is 10.1. The van der Waals surface area contributed by atoms with Gasteiger partial charge in [0.05, 0.1) is 0 Å². The minimum Gasteiger partial charge on any atom is -0.345 e. The van der Waals surface area contributed by atoms with Crippen LogP contribution in [-0.2, 0) is 0 Å². The van der Waals surface area contributed by atoms with Crippen molar-refractivity contribution in [3.63, 3.8) is 0 Å². The standard InChI is InChI=1S/C9H14N2/c1-3-4-5-8(2)9-10-6-7-11-9/h6-7H,2-5H2,1H3,(H,10,11). The molecule has 1 aromatic heterocycles. The van der Waals surface area contributed by atoms with Gasteiger partial charge in [-0.2, -0.15) is 0 Å². The Morgan fingerprint density at radius 1 is 1.73 bits per heavy atom. The van der Waals surface area contributed by atoms with Gasteiger partial charge in [-0.05, 0) is 18.4 Å². The lowest BCUT2D eigenvalue weighted by Crippen LogP contribution is -1.85. The Morgan fingerprint density at radius 3 is 3.09 bits per heavy atom. The van der Waals surface area contributed by atoms with E-state index in [9.17, 15) is 0 Å². The summed E-state index contributed by atoms with van der Waals surface area (Å²) in [6.07, 6.45) is 7.03. The van der Waals surface area contributed by atoms with Gasteiger partial charge in [-0.1, -0.05) is 19.9 Å². The smallest absolute Gasteiger partial charge is 0.132 e. The third kappa shape index (κ3) is 2.22. The molecule has 1 heterocycles. The SMILES string of the molecule is C=C(CCCC)c1ncc[nH]1. The normalized spacial score (nSPS) is 9.91. The van der Waals surface area contributed by atoms with Crippen LogP contribution < -0.4 is 0 Å². The van der Waals surface area contributed by atoms with Gasteiger partial charge in [-0.25, -0.2) is 4.98 Å². The fraction of sp³-hybridized carbons (Fsp3) is 0.444. The van der Waals surface area contributed by atoms with Gasteiger partial charge in [-0.3, -0.25) is 0 Å². The van der Waals surface area contributed by atoms with Crippen LogP contribution in [-0.4, -0.2) is 9.97 Å². The highest BCUT2D eigenvalue weighted by Crippen LogP contribution is 2.13. The first kappa shape index (κ1) is 8.05. The second kappa shape index (κ2) is 3.96. The number of nitrogens with one attached hydrogen (secondary N) is 1. The number of unbranched alkanes of at least 4 members (excludes halogenated alkanes) is 1. The van der Waals surface area contributed by atoms with Gasteiger partial charge in [-0.15, -0.1) is 0 Å². The lowest BCUT2D eigenvalue weighted by Gasteiger charge is -1.98. The molecule has 0 saturated carbocycles. The monoisotopic (exact) mass is 150 g/mol. The van der Waals surface area contributed by atoms with Crippen LogP contribution in [0.3, 0.4) is 0 Å². The maximum atomic E-state index is 4.11. The molecular weight excluding hydrogens is 136 g/mol. The summed E-state index contributed by atoms with van der Waals surface area (Å²) in [5.74, 6) is 0.929. The second-order valence-electron chi connectivity index (χ2n) is 2.64.